The highest BCUT2D eigenvalue weighted by Gasteiger charge is 2.28. The number of carbonyl (C=O) groups excluding carboxylic acids is 1. The number of nitrogens with one attached hydrogen (secondary N) is 1. The Morgan fingerprint density at radius 2 is 1.87 bits per heavy atom. The average molecular weight is 321 g/mol. The Bertz CT molecular complexity index is 862. The van der Waals surface area contributed by atoms with Crippen LogP contribution in [0.5, 0.6) is 0 Å². The van der Waals surface area contributed by atoms with Crippen LogP contribution in [0.3, 0.4) is 0 Å². The summed E-state index contributed by atoms with van der Waals surface area (Å²) < 4.78 is 40.3. The SMILES string of the molecule is N#Cc1cccc(NC(=O)c2cc([N+](=O)[O-])c(F)c(F)c2F)c1. The summed E-state index contributed by atoms with van der Waals surface area (Å²) in [6, 6.07) is 7.60. The van der Waals surface area contributed by atoms with Crippen molar-refractivity contribution in [1.29, 1.82) is 5.26 Å². The zero-order valence-electron chi connectivity index (χ0n) is 11.1. The van der Waals surface area contributed by atoms with Gasteiger partial charge in [-0.15, -0.1) is 0 Å². The minimum Gasteiger partial charge on any atom is -0.322 e. The maximum Gasteiger partial charge on any atom is 0.308 e. The first-order chi connectivity index (χ1) is 10.8. The number of hydrogen-bond donors (Lipinski definition) is 1. The molecule has 0 heterocycles. The van der Waals surface area contributed by atoms with E-state index in [1.54, 1.807) is 0 Å². The molecule has 9 heteroatoms. The number of rotatable bonds is 3. The highest BCUT2D eigenvalue weighted by Crippen LogP contribution is 2.26. The van der Waals surface area contributed by atoms with Crippen LogP contribution in [-0.2, 0) is 0 Å². The van der Waals surface area contributed by atoms with Crippen LogP contribution in [0, 0.1) is 38.9 Å². The van der Waals surface area contributed by atoms with E-state index in [1.165, 1.54) is 24.3 Å². The molecule has 0 saturated carbocycles. The van der Waals surface area contributed by atoms with Crippen molar-refractivity contribution in [1.82, 2.24) is 0 Å². The molecule has 0 spiro atoms. The molecule has 0 aliphatic rings. The summed E-state index contributed by atoms with van der Waals surface area (Å²) in [6.45, 7) is 0. The first-order valence-electron chi connectivity index (χ1n) is 5.98. The fourth-order valence-corrected chi connectivity index (χ4v) is 1.75. The minimum atomic E-state index is -2.12. The molecule has 6 nitrogen and oxygen atoms in total. The number of nitro groups is 1. The molecule has 0 aromatic heterocycles. The maximum absolute atomic E-state index is 13.7. The number of nitro benzene ring substituents is 1. The molecule has 2 aromatic rings. The lowest BCUT2D eigenvalue weighted by atomic mass is 10.1. The summed E-state index contributed by atoms with van der Waals surface area (Å²) in [5.41, 5.74) is -2.11. The molecule has 1 N–H and O–H groups in total. The lowest BCUT2D eigenvalue weighted by molar-refractivity contribution is -0.387. The Balaban J connectivity index is 2.43. The van der Waals surface area contributed by atoms with Crippen LogP contribution in [0.2, 0.25) is 0 Å². The van der Waals surface area contributed by atoms with Crippen molar-refractivity contribution < 1.29 is 22.9 Å². The molecular weight excluding hydrogens is 315 g/mol. The van der Waals surface area contributed by atoms with Gasteiger partial charge in [0.2, 0.25) is 11.6 Å². The molecule has 0 radical (unpaired) electrons. The molecule has 23 heavy (non-hydrogen) atoms. The smallest absolute Gasteiger partial charge is 0.308 e. The fraction of sp³-hybridized carbons (Fsp3) is 0. The van der Waals surface area contributed by atoms with Crippen molar-refractivity contribution in [2.75, 3.05) is 5.32 Å². The van der Waals surface area contributed by atoms with Crippen LogP contribution in [0.1, 0.15) is 15.9 Å². The average Bonchev–Trinajstić information content (AvgIpc) is 2.52. The van der Waals surface area contributed by atoms with Crippen molar-refractivity contribution in [3.05, 3.63) is 69.0 Å². The van der Waals surface area contributed by atoms with E-state index in [2.05, 4.69) is 5.32 Å². The highest BCUT2D eigenvalue weighted by molar-refractivity contribution is 6.05. The topological polar surface area (TPSA) is 96.0 Å². The molecule has 0 aliphatic heterocycles. The second kappa shape index (κ2) is 6.15. The van der Waals surface area contributed by atoms with Gasteiger partial charge in [0.05, 0.1) is 22.1 Å². The van der Waals surface area contributed by atoms with E-state index in [0.29, 0.717) is 6.07 Å². The summed E-state index contributed by atoms with van der Waals surface area (Å²) in [6.07, 6.45) is 0. The number of amides is 1. The van der Waals surface area contributed by atoms with Crippen LogP contribution in [0.15, 0.2) is 30.3 Å². The molecule has 116 valence electrons. The third kappa shape index (κ3) is 3.11. The predicted molar refractivity (Wildman–Crippen MR) is 72.1 cm³/mol. The molecule has 0 aliphatic carbocycles. The van der Waals surface area contributed by atoms with Crippen LogP contribution >= 0.6 is 0 Å². The van der Waals surface area contributed by atoms with Crippen LogP contribution in [-0.4, -0.2) is 10.8 Å². The van der Waals surface area contributed by atoms with Gasteiger partial charge in [-0.1, -0.05) is 6.07 Å². The predicted octanol–water partition coefficient (Wildman–Crippen LogP) is 3.14. The summed E-state index contributed by atoms with van der Waals surface area (Å²) in [5, 5.41) is 21.5. The van der Waals surface area contributed by atoms with Crippen LogP contribution in [0.25, 0.3) is 0 Å². The molecular formula is C14H6F3N3O3. The standard InChI is InChI=1S/C14H6F3N3O3/c15-11-9(5-10(20(22)23)12(16)13(11)17)14(21)19-8-3-1-2-7(4-8)6-18/h1-5H,(H,19,21). The molecule has 0 atom stereocenters. The first-order valence-corrected chi connectivity index (χ1v) is 5.98. The van der Waals surface area contributed by atoms with Gasteiger partial charge in [-0.2, -0.15) is 9.65 Å². The first kappa shape index (κ1) is 16.0. The van der Waals surface area contributed by atoms with Gasteiger partial charge < -0.3 is 5.32 Å². The van der Waals surface area contributed by atoms with Crippen LogP contribution < -0.4 is 5.32 Å². The maximum atomic E-state index is 13.7. The third-order valence-electron chi connectivity index (χ3n) is 2.82. The number of benzene rings is 2. The molecule has 0 unspecified atom stereocenters. The minimum absolute atomic E-state index is 0.0841. The normalized spacial score (nSPS) is 10.0. The summed E-state index contributed by atoms with van der Waals surface area (Å²) in [7, 11) is 0. The van der Waals surface area contributed by atoms with Gasteiger partial charge in [0.15, 0.2) is 5.82 Å². The molecule has 0 saturated heterocycles. The van der Waals surface area contributed by atoms with Crippen molar-refractivity contribution in [2.24, 2.45) is 0 Å². The molecule has 0 fully saturated rings. The number of nitriles is 1. The van der Waals surface area contributed by atoms with Gasteiger partial charge in [0.1, 0.15) is 0 Å². The Labute approximate surface area is 126 Å². The number of carbonyl (C=O) groups is 1. The van der Waals surface area contributed by atoms with E-state index in [4.69, 9.17) is 5.26 Å². The van der Waals surface area contributed by atoms with Crippen molar-refractivity contribution in [2.45, 2.75) is 0 Å². The summed E-state index contributed by atoms with van der Waals surface area (Å²) in [5.74, 6) is -7.17. The summed E-state index contributed by atoms with van der Waals surface area (Å²) in [4.78, 5) is 21.3. The van der Waals surface area contributed by atoms with Gasteiger partial charge in [0, 0.05) is 11.8 Å². The van der Waals surface area contributed by atoms with Gasteiger partial charge in [0.25, 0.3) is 5.91 Å². The van der Waals surface area contributed by atoms with E-state index in [0.717, 1.165) is 0 Å². The van der Waals surface area contributed by atoms with Gasteiger partial charge in [-0.05, 0) is 18.2 Å². The van der Waals surface area contributed by atoms with E-state index in [9.17, 15) is 28.1 Å². The number of halogens is 3. The van der Waals surface area contributed by atoms with E-state index in [-0.39, 0.29) is 11.3 Å². The van der Waals surface area contributed by atoms with Crippen molar-refractivity contribution in [3.8, 4) is 6.07 Å². The molecule has 2 rings (SSSR count). The Kier molecular flexibility index (Phi) is 4.27. The highest BCUT2D eigenvalue weighted by atomic mass is 19.2. The number of anilines is 1. The van der Waals surface area contributed by atoms with Gasteiger partial charge in [-0.25, -0.2) is 8.78 Å². The second-order valence-corrected chi connectivity index (χ2v) is 4.29. The Morgan fingerprint density at radius 1 is 1.17 bits per heavy atom. The summed E-state index contributed by atoms with van der Waals surface area (Å²) >= 11 is 0. The van der Waals surface area contributed by atoms with Gasteiger partial charge in [-0.3, -0.25) is 14.9 Å². The molecule has 1 amide bonds. The molecule has 2 aromatic carbocycles. The zero-order chi connectivity index (χ0) is 17.1. The Hall–Kier alpha value is -3.41. The quantitative estimate of drug-likeness (QED) is 0.533. The van der Waals surface area contributed by atoms with E-state index >= 15 is 0 Å². The van der Waals surface area contributed by atoms with E-state index < -0.39 is 39.5 Å². The number of hydrogen-bond acceptors (Lipinski definition) is 4. The third-order valence-corrected chi connectivity index (χ3v) is 2.82. The fourth-order valence-electron chi connectivity index (χ4n) is 1.75. The van der Waals surface area contributed by atoms with Gasteiger partial charge >= 0.3 is 5.69 Å². The monoisotopic (exact) mass is 321 g/mol. The largest absolute Gasteiger partial charge is 0.322 e. The molecule has 0 bridgehead atoms. The van der Waals surface area contributed by atoms with Crippen LogP contribution in [0.4, 0.5) is 24.5 Å². The zero-order valence-corrected chi connectivity index (χ0v) is 11.1. The Morgan fingerprint density at radius 3 is 2.48 bits per heavy atom. The lowest BCUT2D eigenvalue weighted by Gasteiger charge is -2.07. The van der Waals surface area contributed by atoms with Crippen molar-refractivity contribution >= 4 is 17.3 Å². The number of nitrogens with zero attached hydrogens (tertiary/aromatic N) is 2. The van der Waals surface area contributed by atoms with E-state index in [1.807, 2.05) is 6.07 Å². The second-order valence-electron chi connectivity index (χ2n) is 4.29. The lowest BCUT2D eigenvalue weighted by Crippen LogP contribution is -2.16. The van der Waals surface area contributed by atoms with Crippen molar-refractivity contribution in [3.63, 3.8) is 0 Å².